The van der Waals surface area contributed by atoms with Gasteiger partial charge in [-0.2, -0.15) is 0 Å². The number of thioether (sulfide) groups is 1. The zero-order valence-corrected chi connectivity index (χ0v) is 25.0. The highest BCUT2D eigenvalue weighted by molar-refractivity contribution is 9.10. The number of hydrogen-bond donors (Lipinski definition) is 1. The quantitative estimate of drug-likeness (QED) is 0.236. The number of carbonyl (C=O) groups is 2. The average molecular weight is 634 g/mol. The van der Waals surface area contributed by atoms with Crippen molar-refractivity contribution in [2.75, 3.05) is 5.75 Å². The van der Waals surface area contributed by atoms with E-state index in [9.17, 15) is 9.59 Å². The molecule has 8 heteroatoms. The number of carbonyl (C=O) groups excluding carboxylic acids is 2. The molecule has 2 amide bonds. The predicted molar refractivity (Wildman–Crippen MR) is 162 cm³/mol. The molecule has 3 aromatic carbocycles. The third-order valence-corrected chi connectivity index (χ3v) is 8.95. The maximum Gasteiger partial charge on any atom is 0.243 e. The maximum absolute atomic E-state index is 13.8. The summed E-state index contributed by atoms with van der Waals surface area (Å²) in [4.78, 5) is 29.3. The molecule has 200 valence electrons. The van der Waals surface area contributed by atoms with E-state index in [0.717, 1.165) is 46.8 Å². The first-order valence-electron chi connectivity index (χ1n) is 12.8. The van der Waals surface area contributed by atoms with Crippen molar-refractivity contribution in [1.82, 2.24) is 10.2 Å². The highest BCUT2D eigenvalue weighted by Gasteiger charge is 2.32. The van der Waals surface area contributed by atoms with Crippen LogP contribution in [0.3, 0.4) is 0 Å². The fourth-order valence-corrected chi connectivity index (χ4v) is 6.61. The first-order chi connectivity index (χ1) is 18.4. The van der Waals surface area contributed by atoms with Gasteiger partial charge in [-0.25, -0.2) is 0 Å². The molecule has 0 radical (unpaired) electrons. The van der Waals surface area contributed by atoms with Crippen LogP contribution in [0.5, 0.6) is 0 Å². The van der Waals surface area contributed by atoms with Gasteiger partial charge in [-0.15, -0.1) is 11.8 Å². The van der Waals surface area contributed by atoms with Gasteiger partial charge in [0.2, 0.25) is 11.8 Å². The van der Waals surface area contributed by atoms with E-state index in [4.69, 9.17) is 23.2 Å². The number of halogens is 3. The second-order valence-electron chi connectivity index (χ2n) is 9.54. The fourth-order valence-electron chi connectivity index (χ4n) is 4.70. The standard InChI is InChI=1S/C30H31BrCl2N2O2S/c31-23-15-13-22(14-16-23)18-35(29(36)20-38-19-25-26(32)11-6-12-27(25)33)28(17-21-7-2-1-3-8-21)30(37)34-24-9-4-5-10-24/h1-3,6-8,11-16,24,28H,4-5,9-10,17-20H2,(H,34,37)/t28-/m1/s1. The Hall–Kier alpha value is -1.99. The van der Waals surface area contributed by atoms with Crippen LogP contribution in [-0.4, -0.2) is 34.6 Å². The fraction of sp³-hybridized carbons (Fsp3) is 0.333. The van der Waals surface area contributed by atoms with Crippen LogP contribution in [-0.2, 0) is 28.3 Å². The van der Waals surface area contributed by atoms with Crippen LogP contribution >= 0.6 is 50.9 Å². The number of amides is 2. The number of nitrogens with one attached hydrogen (secondary N) is 1. The van der Waals surface area contributed by atoms with Gasteiger partial charge in [0.15, 0.2) is 0 Å². The van der Waals surface area contributed by atoms with Gasteiger partial charge in [0.25, 0.3) is 0 Å². The van der Waals surface area contributed by atoms with Crippen molar-refractivity contribution in [2.45, 2.75) is 56.5 Å². The Kier molecular flexibility index (Phi) is 11.0. The molecule has 1 saturated carbocycles. The van der Waals surface area contributed by atoms with Gasteiger partial charge in [-0.3, -0.25) is 9.59 Å². The first kappa shape index (κ1) is 29.0. The molecule has 1 aliphatic carbocycles. The molecule has 38 heavy (non-hydrogen) atoms. The molecular weight excluding hydrogens is 603 g/mol. The zero-order chi connectivity index (χ0) is 26.9. The molecule has 3 aromatic rings. The van der Waals surface area contributed by atoms with Crippen molar-refractivity contribution in [3.8, 4) is 0 Å². The van der Waals surface area contributed by atoms with E-state index in [2.05, 4.69) is 21.2 Å². The molecule has 4 rings (SSSR count). The lowest BCUT2D eigenvalue weighted by Crippen LogP contribution is -2.52. The SMILES string of the molecule is O=C(NC1CCCC1)[C@@H](Cc1ccccc1)N(Cc1ccc(Br)cc1)C(=O)CSCc1c(Cl)cccc1Cl. The van der Waals surface area contributed by atoms with Crippen LogP contribution in [0.4, 0.5) is 0 Å². The maximum atomic E-state index is 13.8. The molecule has 1 N–H and O–H groups in total. The molecule has 0 spiro atoms. The van der Waals surface area contributed by atoms with Crippen molar-refractivity contribution in [2.24, 2.45) is 0 Å². The Labute approximate surface area is 247 Å². The molecule has 1 aliphatic rings. The third kappa shape index (κ3) is 8.25. The van der Waals surface area contributed by atoms with Crippen LogP contribution in [0.25, 0.3) is 0 Å². The van der Waals surface area contributed by atoms with Gasteiger partial charge < -0.3 is 10.2 Å². The van der Waals surface area contributed by atoms with Gasteiger partial charge in [0.1, 0.15) is 6.04 Å². The minimum absolute atomic E-state index is 0.0923. The Morgan fingerprint density at radius 1 is 0.921 bits per heavy atom. The van der Waals surface area contributed by atoms with Crippen LogP contribution in [0.1, 0.15) is 42.4 Å². The monoisotopic (exact) mass is 632 g/mol. The van der Waals surface area contributed by atoms with Crippen molar-refractivity contribution in [1.29, 1.82) is 0 Å². The third-order valence-electron chi connectivity index (χ3n) is 6.77. The van der Waals surface area contributed by atoms with Gasteiger partial charge in [-0.1, -0.05) is 101 Å². The van der Waals surface area contributed by atoms with Crippen LogP contribution in [0, 0.1) is 0 Å². The highest BCUT2D eigenvalue weighted by atomic mass is 79.9. The van der Waals surface area contributed by atoms with Crippen molar-refractivity contribution < 1.29 is 9.59 Å². The minimum atomic E-state index is -0.626. The summed E-state index contributed by atoms with van der Waals surface area (Å²) in [6.45, 7) is 0.342. The summed E-state index contributed by atoms with van der Waals surface area (Å²) >= 11 is 17.6. The molecule has 0 aliphatic heterocycles. The van der Waals surface area contributed by atoms with E-state index in [-0.39, 0.29) is 23.6 Å². The van der Waals surface area contributed by atoms with E-state index < -0.39 is 6.04 Å². The number of hydrogen-bond acceptors (Lipinski definition) is 3. The lowest BCUT2D eigenvalue weighted by atomic mass is 10.0. The topological polar surface area (TPSA) is 49.4 Å². The molecular formula is C30H31BrCl2N2O2S. The summed E-state index contributed by atoms with van der Waals surface area (Å²) in [7, 11) is 0. The van der Waals surface area contributed by atoms with Crippen molar-refractivity contribution in [3.05, 3.63) is 104 Å². The lowest BCUT2D eigenvalue weighted by Gasteiger charge is -2.32. The van der Waals surface area contributed by atoms with Crippen molar-refractivity contribution >= 4 is 62.7 Å². The lowest BCUT2D eigenvalue weighted by molar-refractivity contribution is -0.139. The molecule has 0 saturated heterocycles. The van der Waals surface area contributed by atoms with Crippen LogP contribution < -0.4 is 5.32 Å². The van der Waals surface area contributed by atoms with E-state index in [1.165, 1.54) is 11.8 Å². The van der Waals surface area contributed by atoms with Gasteiger partial charge in [-0.05, 0) is 53.8 Å². The van der Waals surface area contributed by atoms with E-state index in [1.54, 1.807) is 23.1 Å². The Morgan fingerprint density at radius 2 is 1.58 bits per heavy atom. The minimum Gasteiger partial charge on any atom is -0.352 e. The summed E-state index contributed by atoms with van der Waals surface area (Å²) in [6.07, 6.45) is 4.66. The number of nitrogens with zero attached hydrogens (tertiary/aromatic N) is 1. The average Bonchev–Trinajstić information content (AvgIpc) is 3.42. The molecule has 0 unspecified atom stereocenters. The zero-order valence-electron chi connectivity index (χ0n) is 21.0. The van der Waals surface area contributed by atoms with Crippen LogP contribution in [0.2, 0.25) is 10.0 Å². The molecule has 0 aromatic heterocycles. The highest BCUT2D eigenvalue weighted by Crippen LogP contribution is 2.29. The largest absolute Gasteiger partial charge is 0.352 e. The summed E-state index contributed by atoms with van der Waals surface area (Å²) in [5, 5.41) is 4.41. The Morgan fingerprint density at radius 3 is 2.24 bits per heavy atom. The predicted octanol–water partition coefficient (Wildman–Crippen LogP) is 7.69. The molecule has 0 bridgehead atoms. The molecule has 1 fully saturated rings. The summed E-state index contributed by atoms with van der Waals surface area (Å²) in [5.74, 6) is 0.530. The van der Waals surface area contributed by atoms with Crippen LogP contribution in [0.15, 0.2) is 77.3 Å². The van der Waals surface area contributed by atoms with Crippen molar-refractivity contribution in [3.63, 3.8) is 0 Å². The molecule has 0 heterocycles. The Bertz CT molecular complexity index is 1200. The summed E-state index contributed by atoms with van der Waals surface area (Å²) in [5.41, 5.74) is 2.79. The first-order valence-corrected chi connectivity index (χ1v) is 15.5. The number of rotatable bonds is 11. The number of benzene rings is 3. The van der Waals surface area contributed by atoms with E-state index in [0.29, 0.717) is 28.8 Å². The smallest absolute Gasteiger partial charge is 0.243 e. The Balaban J connectivity index is 1.57. The molecule has 1 atom stereocenters. The normalized spacial score (nSPS) is 14.3. The summed E-state index contributed by atoms with van der Waals surface area (Å²) < 4.78 is 0.964. The van der Waals surface area contributed by atoms with E-state index >= 15 is 0 Å². The van der Waals surface area contributed by atoms with Gasteiger partial charge >= 0.3 is 0 Å². The second-order valence-corrected chi connectivity index (χ2v) is 12.3. The summed E-state index contributed by atoms with van der Waals surface area (Å²) in [6, 6.07) is 22.7. The second kappa shape index (κ2) is 14.4. The van der Waals surface area contributed by atoms with E-state index in [1.807, 2.05) is 54.6 Å². The molecule has 4 nitrogen and oxygen atoms in total. The van der Waals surface area contributed by atoms with Gasteiger partial charge in [0.05, 0.1) is 5.75 Å². The van der Waals surface area contributed by atoms with Gasteiger partial charge in [0, 0.05) is 39.3 Å².